The lowest BCUT2D eigenvalue weighted by Crippen LogP contribution is -2.45. The number of nitrogens with zero attached hydrogens (tertiary/aromatic N) is 1. The summed E-state index contributed by atoms with van der Waals surface area (Å²) >= 11 is 1.79. The summed E-state index contributed by atoms with van der Waals surface area (Å²) in [5, 5.41) is 4.45. The molecule has 2 aliphatic rings. The Morgan fingerprint density at radius 3 is 2.42 bits per heavy atom. The van der Waals surface area contributed by atoms with Crippen LogP contribution in [0.1, 0.15) is 57.1 Å². The van der Waals surface area contributed by atoms with Crippen LogP contribution in [0.4, 0.5) is 0 Å². The standard InChI is InChI=1S/C16H26N2S/c1-13(17)15(14-4-11-19-12-14)18-9-7-16(8-10-18)5-2-3-6-16/h4,11-13,15H,2-3,5-10,17H2,1H3. The highest BCUT2D eigenvalue weighted by Gasteiger charge is 2.39. The van der Waals surface area contributed by atoms with E-state index in [1.807, 2.05) is 0 Å². The van der Waals surface area contributed by atoms with Gasteiger partial charge in [-0.1, -0.05) is 12.8 Å². The maximum Gasteiger partial charge on any atom is 0.0504 e. The van der Waals surface area contributed by atoms with E-state index in [0.717, 1.165) is 0 Å². The van der Waals surface area contributed by atoms with E-state index in [-0.39, 0.29) is 6.04 Å². The van der Waals surface area contributed by atoms with Gasteiger partial charge in [-0.3, -0.25) is 4.90 Å². The molecule has 0 radical (unpaired) electrons. The number of nitrogens with two attached hydrogens (primary N) is 1. The van der Waals surface area contributed by atoms with Gasteiger partial charge in [-0.25, -0.2) is 0 Å². The average Bonchev–Trinajstić information content (AvgIpc) is 3.04. The van der Waals surface area contributed by atoms with E-state index in [0.29, 0.717) is 11.5 Å². The molecule has 1 spiro atoms. The van der Waals surface area contributed by atoms with Gasteiger partial charge in [0.25, 0.3) is 0 Å². The molecular weight excluding hydrogens is 252 g/mol. The van der Waals surface area contributed by atoms with Crippen molar-refractivity contribution in [1.82, 2.24) is 4.90 Å². The number of thiophene rings is 1. The van der Waals surface area contributed by atoms with Gasteiger partial charge in [-0.2, -0.15) is 11.3 Å². The van der Waals surface area contributed by atoms with Crippen LogP contribution in [-0.2, 0) is 0 Å². The summed E-state index contributed by atoms with van der Waals surface area (Å²) in [4.78, 5) is 2.64. The zero-order valence-electron chi connectivity index (χ0n) is 12.0. The summed E-state index contributed by atoms with van der Waals surface area (Å²) in [6.07, 6.45) is 8.65. The second-order valence-corrected chi connectivity index (χ2v) is 7.38. The predicted molar refractivity (Wildman–Crippen MR) is 82.4 cm³/mol. The second kappa shape index (κ2) is 5.55. The molecule has 1 aromatic rings. The van der Waals surface area contributed by atoms with Crippen LogP contribution in [0.25, 0.3) is 0 Å². The molecule has 2 nitrogen and oxygen atoms in total. The van der Waals surface area contributed by atoms with Crippen LogP contribution < -0.4 is 5.73 Å². The van der Waals surface area contributed by atoms with E-state index < -0.39 is 0 Å². The van der Waals surface area contributed by atoms with Crippen molar-refractivity contribution in [1.29, 1.82) is 0 Å². The van der Waals surface area contributed by atoms with Crippen LogP contribution in [0.2, 0.25) is 0 Å². The molecule has 2 fully saturated rings. The van der Waals surface area contributed by atoms with Gasteiger partial charge in [-0.05, 0) is 73.5 Å². The molecule has 3 heteroatoms. The molecule has 3 rings (SSSR count). The number of hydrogen-bond acceptors (Lipinski definition) is 3. The van der Waals surface area contributed by atoms with Gasteiger partial charge in [0.2, 0.25) is 0 Å². The Morgan fingerprint density at radius 1 is 1.21 bits per heavy atom. The zero-order chi connectivity index (χ0) is 13.3. The van der Waals surface area contributed by atoms with Crippen LogP contribution in [0.5, 0.6) is 0 Å². The third-order valence-corrected chi connectivity index (χ3v) is 6.00. The first-order valence-electron chi connectivity index (χ1n) is 7.72. The fraction of sp³-hybridized carbons (Fsp3) is 0.750. The Morgan fingerprint density at radius 2 is 1.89 bits per heavy atom. The van der Waals surface area contributed by atoms with E-state index in [2.05, 4.69) is 28.7 Å². The Hall–Kier alpha value is -0.380. The van der Waals surface area contributed by atoms with Crippen LogP contribution in [0, 0.1) is 5.41 Å². The highest BCUT2D eigenvalue weighted by atomic mass is 32.1. The lowest BCUT2D eigenvalue weighted by Gasteiger charge is -2.43. The normalized spacial score (nSPS) is 26.6. The van der Waals surface area contributed by atoms with Crippen molar-refractivity contribution in [2.45, 2.75) is 57.5 Å². The van der Waals surface area contributed by atoms with Crippen molar-refractivity contribution >= 4 is 11.3 Å². The fourth-order valence-corrected chi connectivity index (χ4v) is 4.88. The van der Waals surface area contributed by atoms with Gasteiger partial charge in [0, 0.05) is 6.04 Å². The second-order valence-electron chi connectivity index (χ2n) is 6.60. The first-order valence-corrected chi connectivity index (χ1v) is 8.66. The Labute approximate surface area is 121 Å². The van der Waals surface area contributed by atoms with E-state index in [4.69, 9.17) is 5.73 Å². The molecule has 2 atom stereocenters. The quantitative estimate of drug-likeness (QED) is 0.911. The molecule has 2 N–H and O–H groups in total. The molecular formula is C16H26N2S. The molecule has 1 aliphatic carbocycles. The van der Waals surface area contributed by atoms with Crippen molar-refractivity contribution in [3.8, 4) is 0 Å². The number of hydrogen-bond donors (Lipinski definition) is 1. The molecule has 2 heterocycles. The van der Waals surface area contributed by atoms with Gasteiger partial charge in [-0.15, -0.1) is 0 Å². The molecule has 1 saturated carbocycles. The summed E-state index contributed by atoms with van der Waals surface area (Å²) in [5.41, 5.74) is 8.39. The van der Waals surface area contributed by atoms with Crippen LogP contribution >= 0.6 is 11.3 Å². The molecule has 106 valence electrons. The third-order valence-electron chi connectivity index (χ3n) is 5.30. The highest BCUT2D eigenvalue weighted by Crippen LogP contribution is 2.47. The number of likely N-dealkylation sites (tertiary alicyclic amines) is 1. The predicted octanol–water partition coefficient (Wildman–Crippen LogP) is 3.79. The summed E-state index contributed by atoms with van der Waals surface area (Å²) in [6, 6.07) is 2.88. The zero-order valence-corrected chi connectivity index (χ0v) is 12.8. The molecule has 1 aromatic heterocycles. The molecule has 1 saturated heterocycles. The minimum Gasteiger partial charge on any atom is -0.326 e. The maximum absolute atomic E-state index is 6.27. The smallest absolute Gasteiger partial charge is 0.0504 e. The van der Waals surface area contributed by atoms with Crippen LogP contribution in [0.3, 0.4) is 0 Å². The summed E-state index contributed by atoms with van der Waals surface area (Å²) < 4.78 is 0. The Balaban J connectivity index is 1.68. The van der Waals surface area contributed by atoms with Gasteiger partial charge >= 0.3 is 0 Å². The van der Waals surface area contributed by atoms with Gasteiger partial charge < -0.3 is 5.73 Å². The van der Waals surface area contributed by atoms with Gasteiger partial charge in [0.1, 0.15) is 0 Å². The largest absolute Gasteiger partial charge is 0.326 e. The number of piperidine rings is 1. The molecule has 19 heavy (non-hydrogen) atoms. The molecule has 1 aliphatic heterocycles. The Kier molecular flexibility index (Phi) is 3.97. The lowest BCUT2D eigenvalue weighted by molar-refractivity contribution is 0.0679. The van der Waals surface area contributed by atoms with Crippen molar-refractivity contribution in [2.75, 3.05) is 13.1 Å². The SMILES string of the molecule is CC(N)C(c1ccsc1)N1CCC2(CCCC2)CC1. The van der Waals surface area contributed by atoms with E-state index >= 15 is 0 Å². The lowest BCUT2D eigenvalue weighted by atomic mass is 9.76. The van der Waals surface area contributed by atoms with Gasteiger partial charge in [0.05, 0.1) is 6.04 Å². The topological polar surface area (TPSA) is 29.3 Å². The van der Waals surface area contributed by atoms with E-state index in [9.17, 15) is 0 Å². The van der Waals surface area contributed by atoms with Crippen LogP contribution in [0.15, 0.2) is 16.8 Å². The van der Waals surface area contributed by atoms with Crippen molar-refractivity contribution in [3.63, 3.8) is 0 Å². The molecule has 0 bridgehead atoms. The van der Waals surface area contributed by atoms with Crippen molar-refractivity contribution < 1.29 is 0 Å². The highest BCUT2D eigenvalue weighted by molar-refractivity contribution is 7.07. The maximum atomic E-state index is 6.27. The monoisotopic (exact) mass is 278 g/mol. The Bertz CT molecular complexity index is 383. The first-order chi connectivity index (χ1) is 9.20. The third kappa shape index (κ3) is 2.74. The molecule has 0 amide bonds. The van der Waals surface area contributed by atoms with Gasteiger partial charge in [0.15, 0.2) is 0 Å². The van der Waals surface area contributed by atoms with Crippen LogP contribution in [-0.4, -0.2) is 24.0 Å². The molecule has 2 unspecified atom stereocenters. The fourth-order valence-electron chi connectivity index (χ4n) is 4.19. The van der Waals surface area contributed by atoms with E-state index in [1.54, 1.807) is 11.3 Å². The summed E-state index contributed by atoms with van der Waals surface area (Å²) in [5.74, 6) is 0. The average molecular weight is 278 g/mol. The van der Waals surface area contributed by atoms with Crippen molar-refractivity contribution in [2.24, 2.45) is 11.1 Å². The van der Waals surface area contributed by atoms with Crippen molar-refractivity contribution in [3.05, 3.63) is 22.4 Å². The first kappa shape index (κ1) is 13.6. The minimum atomic E-state index is 0.215. The molecule has 0 aromatic carbocycles. The minimum absolute atomic E-state index is 0.215. The summed E-state index contributed by atoms with van der Waals surface area (Å²) in [7, 11) is 0. The van der Waals surface area contributed by atoms with E-state index in [1.165, 1.54) is 57.2 Å². The summed E-state index contributed by atoms with van der Waals surface area (Å²) in [6.45, 7) is 4.63. The number of rotatable bonds is 3.